The number of nitrogens with zero attached hydrogens (tertiary/aromatic N) is 2. The number of guanidine groups is 1. The maximum Gasteiger partial charge on any atom is 0.191 e. The molecule has 0 aliphatic carbocycles. The molecule has 0 spiro atoms. The third kappa shape index (κ3) is 7.62. The molecule has 146 valence electrons. The molecule has 0 radical (unpaired) electrons. The summed E-state index contributed by atoms with van der Waals surface area (Å²) in [5.41, 5.74) is 1.14. The standard InChI is InChI=1S/C20H34N4O2/c1-3-4-7-10-22-20(21-2)23-17-18-8-5-6-9-19(18)26-16-13-24-11-14-25-15-12-24/h5-6,8-9H,3-4,7,10-17H2,1-2H3,(H2,21,22,23). The fourth-order valence-electron chi connectivity index (χ4n) is 2.88. The molecule has 1 fully saturated rings. The van der Waals surface area contributed by atoms with Crippen molar-refractivity contribution >= 4 is 5.96 Å². The molecule has 2 N–H and O–H groups in total. The van der Waals surface area contributed by atoms with Gasteiger partial charge in [0.05, 0.1) is 13.2 Å². The smallest absolute Gasteiger partial charge is 0.191 e. The second kappa shape index (κ2) is 12.5. The van der Waals surface area contributed by atoms with Gasteiger partial charge in [0.15, 0.2) is 5.96 Å². The van der Waals surface area contributed by atoms with Gasteiger partial charge in [0.2, 0.25) is 0 Å². The molecule has 1 heterocycles. The van der Waals surface area contributed by atoms with Crippen LogP contribution in [0, 0.1) is 0 Å². The summed E-state index contributed by atoms with van der Waals surface area (Å²) in [5.74, 6) is 1.78. The fourth-order valence-corrected chi connectivity index (χ4v) is 2.88. The van der Waals surface area contributed by atoms with E-state index in [2.05, 4.69) is 33.5 Å². The first-order valence-corrected chi connectivity index (χ1v) is 9.78. The first-order chi connectivity index (χ1) is 12.8. The Morgan fingerprint density at radius 3 is 2.77 bits per heavy atom. The van der Waals surface area contributed by atoms with Crippen LogP contribution in [0.5, 0.6) is 5.75 Å². The second-order valence-electron chi connectivity index (χ2n) is 6.47. The summed E-state index contributed by atoms with van der Waals surface area (Å²) in [5, 5.41) is 6.73. The molecule has 0 aromatic heterocycles. The van der Waals surface area contributed by atoms with Gasteiger partial charge in [-0.1, -0.05) is 38.0 Å². The van der Waals surface area contributed by atoms with Crippen molar-refractivity contribution in [3.63, 3.8) is 0 Å². The number of aliphatic imine (C=N–C) groups is 1. The monoisotopic (exact) mass is 362 g/mol. The Hall–Kier alpha value is -1.79. The molecule has 1 saturated heterocycles. The molecular weight excluding hydrogens is 328 g/mol. The van der Waals surface area contributed by atoms with Gasteiger partial charge in [-0.15, -0.1) is 0 Å². The quantitative estimate of drug-likeness (QED) is 0.380. The van der Waals surface area contributed by atoms with E-state index >= 15 is 0 Å². The Kier molecular flexibility index (Phi) is 9.90. The summed E-state index contributed by atoms with van der Waals surface area (Å²) < 4.78 is 11.4. The Morgan fingerprint density at radius 1 is 1.19 bits per heavy atom. The number of morpholine rings is 1. The lowest BCUT2D eigenvalue weighted by atomic mass is 10.2. The van der Waals surface area contributed by atoms with Crippen LogP contribution in [0.15, 0.2) is 29.3 Å². The number of rotatable bonds is 10. The van der Waals surface area contributed by atoms with Crippen molar-refractivity contribution in [3.05, 3.63) is 29.8 Å². The van der Waals surface area contributed by atoms with E-state index < -0.39 is 0 Å². The van der Waals surface area contributed by atoms with Crippen LogP contribution in [0.1, 0.15) is 31.7 Å². The van der Waals surface area contributed by atoms with Gasteiger partial charge in [-0.2, -0.15) is 0 Å². The topological polar surface area (TPSA) is 58.1 Å². The molecule has 0 unspecified atom stereocenters. The fraction of sp³-hybridized carbons (Fsp3) is 0.650. The van der Waals surface area contributed by atoms with Crippen LogP contribution in [0.2, 0.25) is 0 Å². The Morgan fingerprint density at radius 2 is 2.00 bits per heavy atom. The van der Waals surface area contributed by atoms with Crippen LogP contribution in [0.4, 0.5) is 0 Å². The number of hydrogen-bond donors (Lipinski definition) is 2. The van der Waals surface area contributed by atoms with Crippen molar-refractivity contribution in [2.24, 2.45) is 4.99 Å². The molecule has 6 heteroatoms. The van der Waals surface area contributed by atoms with Gasteiger partial charge in [-0.05, 0) is 12.5 Å². The summed E-state index contributed by atoms with van der Waals surface area (Å²) in [7, 11) is 1.81. The van der Waals surface area contributed by atoms with Gasteiger partial charge in [0.1, 0.15) is 12.4 Å². The number of nitrogens with one attached hydrogen (secondary N) is 2. The molecule has 0 amide bonds. The first kappa shape index (κ1) is 20.5. The minimum absolute atomic E-state index is 0.695. The van der Waals surface area contributed by atoms with E-state index in [4.69, 9.17) is 9.47 Å². The number of benzene rings is 1. The molecule has 1 aromatic rings. The largest absolute Gasteiger partial charge is 0.492 e. The lowest BCUT2D eigenvalue weighted by molar-refractivity contribution is 0.0322. The highest BCUT2D eigenvalue weighted by molar-refractivity contribution is 5.79. The lowest BCUT2D eigenvalue weighted by Gasteiger charge is -2.26. The SMILES string of the molecule is CCCCCNC(=NC)NCc1ccccc1OCCN1CCOCC1. The molecule has 1 aromatic carbocycles. The zero-order valence-corrected chi connectivity index (χ0v) is 16.3. The van der Waals surface area contributed by atoms with Crippen LogP contribution >= 0.6 is 0 Å². The van der Waals surface area contributed by atoms with Crippen molar-refractivity contribution in [1.29, 1.82) is 0 Å². The van der Waals surface area contributed by atoms with Crippen molar-refractivity contribution in [3.8, 4) is 5.75 Å². The summed E-state index contributed by atoms with van der Waals surface area (Å²) in [6.45, 7) is 9.12. The van der Waals surface area contributed by atoms with Crippen LogP contribution in [-0.4, -0.2) is 63.9 Å². The average molecular weight is 363 g/mol. The molecule has 6 nitrogen and oxygen atoms in total. The normalized spacial score (nSPS) is 15.7. The summed E-state index contributed by atoms with van der Waals surface area (Å²) in [4.78, 5) is 6.67. The van der Waals surface area contributed by atoms with Crippen molar-refractivity contribution in [2.75, 3.05) is 53.0 Å². The van der Waals surface area contributed by atoms with Gasteiger partial charge in [0.25, 0.3) is 0 Å². The molecular formula is C20H34N4O2. The zero-order chi connectivity index (χ0) is 18.5. The van der Waals surface area contributed by atoms with Gasteiger partial charge in [-0.3, -0.25) is 9.89 Å². The van der Waals surface area contributed by atoms with E-state index in [0.717, 1.165) is 56.7 Å². The summed E-state index contributed by atoms with van der Waals surface area (Å²) in [6.07, 6.45) is 3.63. The van der Waals surface area contributed by atoms with Gasteiger partial charge in [-0.25, -0.2) is 0 Å². The average Bonchev–Trinajstić information content (AvgIpc) is 2.69. The first-order valence-electron chi connectivity index (χ1n) is 9.78. The Labute approximate surface area is 158 Å². The lowest BCUT2D eigenvalue weighted by Crippen LogP contribution is -2.38. The maximum atomic E-state index is 6.04. The Bertz CT molecular complexity index is 530. The number of hydrogen-bond acceptors (Lipinski definition) is 4. The van der Waals surface area contributed by atoms with E-state index in [1.54, 1.807) is 7.05 Å². The number of para-hydroxylation sites is 1. The molecule has 2 rings (SSSR count). The van der Waals surface area contributed by atoms with Crippen LogP contribution in [-0.2, 0) is 11.3 Å². The van der Waals surface area contributed by atoms with E-state index in [1.165, 1.54) is 19.3 Å². The summed E-state index contributed by atoms with van der Waals surface area (Å²) >= 11 is 0. The Balaban J connectivity index is 1.76. The van der Waals surface area contributed by atoms with E-state index in [9.17, 15) is 0 Å². The van der Waals surface area contributed by atoms with Crippen molar-refractivity contribution in [2.45, 2.75) is 32.7 Å². The minimum Gasteiger partial charge on any atom is -0.492 e. The zero-order valence-electron chi connectivity index (χ0n) is 16.3. The van der Waals surface area contributed by atoms with E-state index in [1.807, 2.05) is 18.2 Å². The second-order valence-corrected chi connectivity index (χ2v) is 6.47. The van der Waals surface area contributed by atoms with E-state index in [0.29, 0.717) is 13.2 Å². The molecule has 26 heavy (non-hydrogen) atoms. The molecule has 1 aliphatic rings. The highest BCUT2D eigenvalue weighted by atomic mass is 16.5. The van der Waals surface area contributed by atoms with Crippen LogP contribution in [0.25, 0.3) is 0 Å². The maximum absolute atomic E-state index is 6.04. The third-order valence-electron chi connectivity index (χ3n) is 4.48. The highest BCUT2D eigenvalue weighted by Gasteiger charge is 2.10. The minimum atomic E-state index is 0.695. The van der Waals surface area contributed by atoms with Gasteiger partial charge < -0.3 is 20.1 Å². The summed E-state index contributed by atoms with van der Waals surface area (Å²) in [6, 6.07) is 8.20. The third-order valence-corrected chi connectivity index (χ3v) is 4.48. The van der Waals surface area contributed by atoms with Gasteiger partial charge in [0, 0.05) is 45.3 Å². The highest BCUT2D eigenvalue weighted by Crippen LogP contribution is 2.17. The molecule has 0 atom stereocenters. The van der Waals surface area contributed by atoms with Crippen LogP contribution < -0.4 is 15.4 Å². The number of unbranched alkanes of at least 4 members (excludes halogenated alkanes) is 2. The van der Waals surface area contributed by atoms with Crippen molar-refractivity contribution < 1.29 is 9.47 Å². The van der Waals surface area contributed by atoms with E-state index in [-0.39, 0.29) is 0 Å². The van der Waals surface area contributed by atoms with Gasteiger partial charge >= 0.3 is 0 Å². The molecule has 0 saturated carbocycles. The molecule has 1 aliphatic heterocycles. The number of ether oxygens (including phenoxy) is 2. The predicted molar refractivity (Wildman–Crippen MR) is 107 cm³/mol. The predicted octanol–water partition coefficient (Wildman–Crippen LogP) is 2.25. The van der Waals surface area contributed by atoms with Crippen LogP contribution in [0.3, 0.4) is 0 Å². The molecule has 0 bridgehead atoms. The van der Waals surface area contributed by atoms with Crippen molar-refractivity contribution in [1.82, 2.24) is 15.5 Å².